The molecule has 1 atom stereocenters. The number of aliphatic hydroxyl groups is 1. The lowest BCUT2D eigenvalue weighted by atomic mass is 9.92. The summed E-state index contributed by atoms with van der Waals surface area (Å²) < 4.78 is 44.6. The molecule has 5 rings (SSSR count). The number of carbonyl (C=O) groups is 1. The number of hydrogen-bond acceptors (Lipinski definition) is 7. The van der Waals surface area contributed by atoms with Crippen LogP contribution in [0.5, 0.6) is 0 Å². The maximum Gasteiger partial charge on any atom is 0.227 e. The zero-order chi connectivity index (χ0) is 33.6. The van der Waals surface area contributed by atoms with Gasteiger partial charge in [0, 0.05) is 31.0 Å². The van der Waals surface area contributed by atoms with Crippen molar-refractivity contribution in [2.75, 3.05) is 29.5 Å². The van der Waals surface area contributed by atoms with E-state index in [2.05, 4.69) is 35.6 Å². The Balaban J connectivity index is 0.00000113. The van der Waals surface area contributed by atoms with Crippen molar-refractivity contribution in [1.82, 2.24) is 9.97 Å². The van der Waals surface area contributed by atoms with E-state index in [4.69, 9.17) is 4.84 Å². The van der Waals surface area contributed by atoms with Crippen molar-refractivity contribution in [3.8, 4) is 11.1 Å². The van der Waals surface area contributed by atoms with Gasteiger partial charge in [0.15, 0.2) is 11.4 Å². The number of allylic oxidation sites excluding steroid dienone is 1. The van der Waals surface area contributed by atoms with Crippen molar-refractivity contribution in [2.45, 2.75) is 84.9 Å². The number of piperidine rings is 1. The number of rotatable bonds is 9. The zero-order valence-electron chi connectivity index (χ0n) is 27.3. The number of fused-ring (bicyclic) bond motifs is 1. The van der Waals surface area contributed by atoms with Gasteiger partial charge in [-0.15, -0.1) is 0 Å². The molecule has 3 heterocycles. The fourth-order valence-corrected chi connectivity index (χ4v) is 5.53. The van der Waals surface area contributed by atoms with Crippen LogP contribution < -0.4 is 9.80 Å². The highest BCUT2D eigenvalue weighted by Crippen LogP contribution is 2.37. The van der Waals surface area contributed by atoms with Gasteiger partial charge in [-0.05, 0) is 69.9 Å². The monoisotopic (exact) mass is 639 g/mol. The minimum atomic E-state index is -1.70. The van der Waals surface area contributed by atoms with Crippen LogP contribution in [0.4, 0.5) is 24.7 Å². The lowest BCUT2D eigenvalue weighted by Gasteiger charge is -2.33. The van der Waals surface area contributed by atoms with Gasteiger partial charge >= 0.3 is 0 Å². The van der Waals surface area contributed by atoms with E-state index in [1.54, 1.807) is 12.1 Å². The summed E-state index contributed by atoms with van der Waals surface area (Å²) >= 11 is 0. The summed E-state index contributed by atoms with van der Waals surface area (Å²) in [5, 5.41) is 14.0. The summed E-state index contributed by atoms with van der Waals surface area (Å²) in [7, 11) is 0. The van der Waals surface area contributed by atoms with Crippen molar-refractivity contribution in [1.29, 1.82) is 0 Å². The Labute approximate surface area is 269 Å². The Kier molecular flexibility index (Phi) is 11.4. The molecule has 0 aliphatic carbocycles. The van der Waals surface area contributed by atoms with E-state index in [0.717, 1.165) is 5.71 Å². The van der Waals surface area contributed by atoms with Crippen LogP contribution in [0.15, 0.2) is 54.2 Å². The fraction of sp³-hybridized carbons (Fsp3) is 0.486. The van der Waals surface area contributed by atoms with Crippen molar-refractivity contribution >= 4 is 34.0 Å². The molecule has 8 nitrogen and oxygen atoms in total. The second-order valence-corrected chi connectivity index (χ2v) is 12.3. The van der Waals surface area contributed by atoms with Gasteiger partial charge in [0.25, 0.3) is 0 Å². The topological polar surface area (TPSA) is 91.2 Å². The SMILES string of the molecule is C=C(O/N=C(\C)C1CCN(c2ncnc3c(-c4ccc(N5C(=O)CCC5CO)c(F)c4)ccc(F)c23)CC1)C(C)(C)F.CCCC. The molecule has 46 heavy (non-hydrogen) atoms. The van der Waals surface area contributed by atoms with E-state index >= 15 is 8.78 Å². The number of amides is 1. The largest absolute Gasteiger partial charge is 0.394 e. The van der Waals surface area contributed by atoms with Crippen LogP contribution in [0.1, 0.15) is 73.1 Å². The molecule has 1 N–H and O–H groups in total. The minimum Gasteiger partial charge on any atom is -0.394 e. The summed E-state index contributed by atoms with van der Waals surface area (Å²) in [5.41, 5.74) is 0.477. The van der Waals surface area contributed by atoms with E-state index in [1.807, 2.05) is 11.8 Å². The average molecular weight is 640 g/mol. The molecule has 2 aliphatic heterocycles. The average Bonchev–Trinajstić information content (AvgIpc) is 3.42. The van der Waals surface area contributed by atoms with Crippen LogP contribution in [-0.2, 0) is 9.63 Å². The van der Waals surface area contributed by atoms with E-state index in [1.165, 1.54) is 56.1 Å². The van der Waals surface area contributed by atoms with Crippen LogP contribution in [0, 0.1) is 17.6 Å². The summed E-state index contributed by atoms with van der Waals surface area (Å²) in [6.07, 6.45) is 6.13. The first kappa shape index (κ1) is 34.9. The standard InChI is InChI=1S/C31H34F3N5O3.C4H10/c1-18(37-42-19(2)31(3,4)34)20-11-13-38(14-12-20)30-28-24(32)8-7-23(29(28)35-17-36-30)21-5-9-26(25(33)15-21)39-22(16-40)6-10-27(39)41;1-3-4-2/h5,7-9,15,17,20,22,40H,2,6,10-14,16H2,1,3-4H3;3-4H2,1-2H3/b37-18+;. The van der Waals surface area contributed by atoms with Crippen molar-refractivity contribution in [3.63, 3.8) is 0 Å². The maximum absolute atomic E-state index is 15.3. The lowest BCUT2D eigenvalue weighted by Crippen LogP contribution is -2.36. The van der Waals surface area contributed by atoms with Crippen molar-refractivity contribution in [2.24, 2.45) is 11.1 Å². The van der Waals surface area contributed by atoms with Crippen molar-refractivity contribution < 1.29 is 27.9 Å². The van der Waals surface area contributed by atoms with Crippen LogP contribution in [0.2, 0.25) is 0 Å². The summed E-state index contributed by atoms with van der Waals surface area (Å²) in [6.45, 7) is 13.4. The first-order valence-corrected chi connectivity index (χ1v) is 15.9. The molecule has 1 aromatic heterocycles. The van der Waals surface area contributed by atoms with Gasteiger partial charge < -0.3 is 19.7 Å². The summed E-state index contributed by atoms with van der Waals surface area (Å²) in [4.78, 5) is 29.6. The van der Waals surface area contributed by atoms with Crippen LogP contribution >= 0.6 is 0 Å². The third-order valence-electron chi connectivity index (χ3n) is 8.62. The number of halogens is 3. The van der Waals surface area contributed by atoms with E-state index in [-0.39, 0.29) is 41.7 Å². The van der Waals surface area contributed by atoms with Crippen LogP contribution in [0.25, 0.3) is 22.0 Å². The Morgan fingerprint density at radius 1 is 1.09 bits per heavy atom. The predicted molar refractivity (Wildman–Crippen MR) is 177 cm³/mol. The second-order valence-electron chi connectivity index (χ2n) is 12.3. The number of anilines is 2. The van der Waals surface area contributed by atoms with E-state index in [9.17, 15) is 14.3 Å². The molecule has 2 aliphatic rings. The minimum absolute atomic E-state index is 0.0635. The fourth-order valence-electron chi connectivity index (χ4n) is 5.53. The van der Waals surface area contributed by atoms with Gasteiger partial charge in [-0.2, -0.15) is 0 Å². The number of oxime groups is 1. The second kappa shape index (κ2) is 15.1. The molecule has 248 valence electrons. The molecule has 3 aromatic rings. The molecular formula is C35H44F3N5O3. The number of nitrogens with zero attached hydrogens (tertiary/aromatic N) is 5. The number of carbonyl (C=O) groups excluding carboxylic acids is 1. The first-order chi connectivity index (χ1) is 21.9. The lowest BCUT2D eigenvalue weighted by molar-refractivity contribution is -0.117. The van der Waals surface area contributed by atoms with Gasteiger partial charge in [0.05, 0.1) is 35.0 Å². The number of benzene rings is 2. The molecule has 1 unspecified atom stereocenters. The van der Waals surface area contributed by atoms with E-state index < -0.39 is 23.3 Å². The molecule has 2 saturated heterocycles. The smallest absolute Gasteiger partial charge is 0.227 e. The Hall–Kier alpha value is -3.99. The van der Waals surface area contributed by atoms with Gasteiger partial charge in [-0.3, -0.25) is 4.79 Å². The van der Waals surface area contributed by atoms with Crippen LogP contribution in [-0.4, -0.2) is 58.1 Å². The molecule has 1 amide bonds. The van der Waals surface area contributed by atoms with Gasteiger partial charge in [-0.1, -0.05) is 44.5 Å². The number of unbranched alkanes of at least 4 members (excludes halogenated alkanes) is 1. The number of alkyl halides is 1. The van der Waals surface area contributed by atoms with Crippen LogP contribution in [0.3, 0.4) is 0 Å². The number of aromatic nitrogens is 2. The molecule has 0 bridgehead atoms. The van der Waals surface area contributed by atoms with Gasteiger partial charge in [0.2, 0.25) is 5.91 Å². The third-order valence-corrected chi connectivity index (χ3v) is 8.62. The highest BCUT2D eigenvalue weighted by Gasteiger charge is 2.33. The molecule has 2 aromatic carbocycles. The Morgan fingerprint density at radius 2 is 1.78 bits per heavy atom. The normalized spacial score (nSPS) is 17.7. The summed E-state index contributed by atoms with van der Waals surface area (Å²) in [6, 6.07) is 6.89. The molecule has 0 spiro atoms. The highest BCUT2D eigenvalue weighted by atomic mass is 19.1. The maximum atomic E-state index is 15.3. The number of hydrogen-bond donors (Lipinski definition) is 1. The molecule has 0 radical (unpaired) electrons. The molecule has 0 saturated carbocycles. The zero-order valence-corrected chi connectivity index (χ0v) is 27.3. The van der Waals surface area contributed by atoms with Gasteiger partial charge in [0.1, 0.15) is 23.8 Å². The number of aliphatic hydroxyl groups excluding tert-OH is 1. The third kappa shape index (κ3) is 7.68. The van der Waals surface area contributed by atoms with Crippen molar-refractivity contribution in [3.05, 3.63) is 60.6 Å². The predicted octanol–water partition coefficient (Wildman–Crippen LogP) is 7.74. The Bertz CT molecular complexity index is 1580. The molecule has 11 heteroatoms. The highest BCUT2D eigenvalue weighted by molar-refractivity contribution is 6.01. The quantitative estimate of drug-likeness (QED) is 0.146. The first-order valence-electron chi connectivity index (χ1n) is 15.9. The Morgan fingerprint density at radius 3 is 2.39 bits per heavy atom. The molecular weight excluding hydrogens is 595 g/mol. The molecule has 2 fully saturated rings. The van der Waals surface area contributed by atoms with E-state index in [0.29, 0.717) is 54.8 Å². The van der Waals surface area contributed by atoms with Gasteiger partial charge in [-0.25, -0.2) is 23.1 Å². The summed E-state index contributed by atoms with van der Waals surface area (Å²) in [5.74, 6) is -0.865.